The molecule has 0 saturated heterocycles. The van der Waals surface area contributed by atoms with Gasteiger partial charge in [0.2, 0.25) is 0 Å². The van der Waals surface area contributed by atoms with Gasteiger partial charge in [-0.2, -0.15) is 0 Å². The van der Waals surface area contributed by atoms with Crippen LogP contribution in [0.1, 0.15) is 20.8 Å². The number of fused-ring (bicyclic) bond motifs is 1. The van der Waals surface area contributed by atoms with Crippen LogP contribution in [0, 0.1) is 0 Å². The van der Waals surface area contributed by atoms with E-state index in [1.54, 1.807) is 0 Å². The first-order valence-electron chi connectivity index (χ1n) is 7.40. The maximum Gasteiger partial charge on any atom is -0.00991 e. The van der Waals surface area contributed by atoms with E-state index in [4.69, 9.17) is 0 Å². The predicted molar refractivity (Wildman–Crippen MR) is 97.1 cm³/mol. The summed E-state index contributed by atoms with van der Waals surface area (Å²) >= 11 is 0. The smallest absolute Gasteiger partial charge is 0.00991 e. The summed E-state index contributed by atoms with van der Waals surface area (Å²) in [6.45, 7) is 6.93. The van der Waals surface area contributed by atoms with E-state index in [0.29, 0.717) is 5.16 Å². The van der Waals surface area contributed by atoms with Crippen LogP contribution in [-0.2, 0) is 0 Å². The molecule has 0 nitrogen and oxygen atoms in total. The van der Waals surface area contributed by atoms with Crippen molar-refractivity contribution in [1.82, 2.24) is 0 Å². The lowest BCUT2D eigenvalue weighted by atomic mass is 9.98. The molecule has 0 aromatic heterocycles. The number of hydrogen-bond donors (Lipinski definition) is 0. The van der Waals surface area contributed by atoms with E-state index in [-0.39, 0.29) is 0 Å². The molecule has 0 spiro atoms. The summed E-state index contributed by atoms with van der Waals surface area (Å²) < 4.78 is 0. The van der Waals surface area contributed by atoms with Gasteiger partial charge < -0.3 is 0 Å². The summed E-state index contributed by atoms with van der Waals surface area (Å²) in [7, 11) is 0.809. The molecule has 1 heteroatoms. The Balaban J connectivity index is 2.20. The van der Waals surface area contributed by atoms with Crippen molar-refractivity contribution in [3.05, 3.63) is 66.7 Å². The first-order valence-corrected chi connectivity index (χ1v) is 8.40. The fourth-order valence-electron chi connectivity index (χ4n) is 2.69. The standard InChI is InChI=1S/C20H21P/c1-20(2,3)21-19-14-7-6-12-18(19)17-13-8-10-15-9-4-5-11-16(15)17/h4-14,21H,1-3H3. The fraction of sp³-hybridized carbons (Fsp3) is 0.200. The van der Waals surface area contributed by atoms with Gasteiger partial charge in [0.15, 0.2) is 0 Å². The molecule has 3 rings (SSSR count). The quantitative estimate of drug-likeness (QED) is 0.539. The topological polar surface area (TPSA) is 0 Å². The monoisotopic (exact) mass is 292 g/mol. The average Bonchev–Trinajstić information content (AvgIpc) is 2.46. The Morgan fingerprint density at radius 2 is 1.29 bits per heavy atom. The Bertz CT molecular complexity index is 761. The molecule has 0 saturated carbocycles. The Labute approximate surface area is 129 Å². The molecule has 0 amide bonds. The Hall–Kier alpha value is -1.65. The van der Waals surface area contributed by atoms with Crippen molar-refractivity contribution in [3.63, 3.8) is 0 Å². The highest BCUT2D eigenvalue weighted by molar-refractivity contribution is 7.49. The Morgan fingerprint density at radius 1 is 0.667 bits per heavy atom. The van der Waals surface area contributed by atoms with Crippen LogP contribution >= 0.6 is 8.58 Å². The molecule has 1 unspecified atom stereocenters. The van der Waals surface area contributed by atoms with Gasteiger partial charge in [0, 0.05) is 0 Å². The molecule has 106 valence electrons. The third-order valence-corrected chi connectivity index (χ3v) is 4.97. The lowest BCUT2D eigenvalue weighted by molar-refractivity contribution is 0.799. The Morgan fingerprint density at radius 3 is 2.10 bits per heavy atom. The van der Waals surface area contributed by atoms with Crippen LogP contribution < -0.4 is 5.30 Å². The lowest BCUT2D eigenvalue weighted by Crippen LogP contribution is -2.13. The van der Waals surface area contributed by atoms with Crippen molar-refractivity contribution in [2.75, 3.05) is 0 Å². The van der Waals surface area contributed by atoms with E-state index in [1.165, 1.54) is 27.2 Å². The van der Waals surface area contributed by atoms with Gasteiger partial charge in [0.25, 0.3) is 0 Å². The summed E-state index contributed by atoms with van der Waals surface area (Å²) in [5.41, 5.74) is 2.73. The fourth-order valence-corrected chi connectivity index (χ4v) is 4.03. The van der Waals surface area contributed by atoms with Crippen molar-refractivity contribution in [2.24, 2.45) is 0 Å². The van der Waals surface area contributed by atoms with Crippen LogP contribution in [0.4, 0.5) is 0 Å². The van der Waals surface area contributed by atoms with E-state index >= 15 is 0 Å². The van der Waals surface area contributed by atoms with Crippen LogP contribution in [0.5, 0.6) is 0 Å². The van der Waals surface area contributed by atoms with Crippen LogP contribution in [0.2, 0.25) is 0 Å². The zero-order chi connectivity index (χ0) is 14.9. The number of benzene rings is 3. The highest BCUT2D eigenvalue weighted by Crippen LogP contribution is 2.35. The minimum atomic E-state index is 0.320. The van der Waals surface area contributed by atoms with E-state index in [9.17, 15) is 0 Å². The van der Waals surface area contributed by atoms with Crippen LogP contribution in [0.25, 0.3) is 21.9 Å². The normalized spacial score (nSPS) is 12.3. The van der Waals surface area contributed by atoms with Crippen LogP contribution in [-0.4, -0.2) is 5.16 Å². The minimum Gasteiger partial charge on any atom is -0.0842 e. The zero-order valence-electron chi connectivity index (χ0n) is 12.9. The molecule has 0 radical (unpaired) electrons. The lowest BCUT2D eigenvalue weighted by Gasteiger charge is -2.21. The molecule has 21 heavy (non-hydrogen) atoms. The number of rotatable bonds is 2. The number of hydrogen-bond acceptors (Lipinski definition) is 0. The highest BCUT2D eigenvalue weighted by Gasteiger charge is 2.15. The maximum absolute atomic E-state index is 2.31. The van der Waals surface area contributed by atoms with E-state index in [2.05, 4.69) is 87.5 Å². The average molecular weight is 292 g/mol. The molecule has 0 bridgehead atoms. The van der Waals surface area contributed by atoms with Crippen LogP contribution in [0.15, 0.2) is 66.7 Å². The predicted octanol–water partition coefficient (Wildman–Crippen LogP) is 5.61. The summed E-state index contributed by atoms with van der Waals surface area (Å²) in [5, 5.41) is 4.43. The third-order valence-electron chi connectivity index (χ3n) is 3.52. The summed E-state index contributed by atoms with van der Waals surface area (Å²) in [5.74, 6) is 0. The van der Waals surface area contributed by atoms with Crippen molar-refractivity contribution in [3.8, 4) is 11.1 Å². The molecule has 0 N–H and O–H groups in total. The van der Waals surface area contributed by atoms with E-state index in [1.807, 2.05) is 0 Å². The molecule has 0 fully saturated rings. The van der Waals surface area contributed by atoms with E-state index in [0.717, 1.165) is 8.58 Å². The van der Waals surface area contributed by atoms with Crippen molar-refractivity contribution >= 4 is 24.7 Å². The minimum absolute atomic E-state index is 0.320. The van der Waals surface area contributed by atoms with Crippen LogP contribution in [0.3, 0.4) is 0 Å². The van der Waals surface area contributed by atoms with Gasteiger partial charge in [-0.05, 0) is 32.4 Å². The molecular weight excluding hydrogens is 271 g/mol. The Kier molecular flexibility index (Phi) is 3.83. The maximum atomic E-state index is 2.31. The second kappa shape index (κ2) is 5.62. The van der Waals surface area contributed by atoms with Crippen molar-refractivity contribution in [1.29, 1.82) is 0 Å². The zero-order valence-corrected chi connectivity index (χ0v) is 13.9. The molecule has 0 aliphatic heterocycles. The van der Waals surface area contributed by atoms with Gasteiger partial charge in [0.05, 0.1) is 0 Å². The van der Waals surface area contributed by atoms with Gasteiger partial charge in [-0.1, -0.05) is 96.1 Å². The van der Waals surface area contributed by atoms with Crippen molar-refractivity contribution in [2.45, 2.75) is 25.9 Å². The molecule has 1 atom stereocenters. The van der Waals surface area contributed by atoms with Gasteiger partial charge in [0.1, 0.15) is 0 Å². The molecule has 3 aromatic rings. The molecule has 0 heterocycles. The summed E-state index contributed by atoms with van der Waals surface area (Å²) in [4.78, 5) is 0. The van der Waals surface area contributed by atoms with E-state index < -0.39 is 0 Å². The summed E-state index contributed by atoms with van der Waals surface area (Å²) in [6.07, 6.45) is 0. The molecule has 3 aromatic carbocycles. The summed E-state index contributed by atoms with van der Waals surface area (Å²) in [6, 6.07) is 24.1. The van der Waals surface area contributed by atoms with Gasteiger partial charge in [-0.25, -0.2) is 0 Å². The largest absolute Gasteiger partial charge is 0.0842 e. The third kappa shape index (κ3) is 3.17. The highest BCUT2D eigenvalue weighted by atomic mass is 31.1. The second-order valence-corrected chi connectivity index (χ2v) is 8.74. The first-order chi connectivity index (χ1) is 10.0. The molecule has 0 aliphatic carbocycles. The van der Waals surface area contributed by atoms with Gasteiger partial charge in [-0.3, -0.25) is 0 Å². The SMILES string of the molecule is CC(C)(C)Pc1ccccc1-c1cccc2ccccc12. The molecule has 0 aliphatic rings. The van der Waals surface area contributed by atoms with Gasteiger partial charge in [-0.15, -0.1) is 0 Å². The first kappa shape index (κ1) is 14.3. The van der Waals surface area contributed by atoms with Gasteiger partial charge >= 0.3 is 0 Å². The second-order valence-electron chi connectivity index (χ2n) is 6.45. The van der Waals surface area contributed by atoms with Crippen molar-refractivity contribution < 1.29 is 0 Å². The molecular formula is C20H21P.